The zero-order valence-electron chi connectivity index (χ0n) is 11.6. The number of carboxylic acid groups (broad SMARTS) is 1. The summed E-state index contributed by atoms with van der Waals surface area (Å²) in [5.74, 6) is -1.69. The lowest BCUT2D eigenvalue weighted by Crippen LogP contribution is -2.55. The van der Waals surface area contributed by atoms with Crippen LogP contribution in [0.3, 0.4) is 0 Å². The summed E-state index contributed by atoms with van der Waals surface area (Å²) in [6.07, 6.45) is 0. The first-order chi connectivity index (χ1) is 9.30. The van der Waals surface area contributed by atoms with Crippen LogP contribution in [0.25, 0.3) is 0 Å². The predicted octanol–water partition coefficient (Wildman–Crippen LogP) is 0.510. The highest BCUT2D eigenvalue weighted by atomic mass is 16.5. The quantitative estimate of drug-likeness (QED) is 0.675. The molecule has 0 spiro atoms. The van der Waals surface area contributed by atoms with Crippen molar-refractivity contribution in [3.05, 3.63) is 35.9 Å². The molecule has 1 atom stereocenters. The Morgan fingerprint density at radius 1 is 1.35 bits per heavy atom. The zero-order chi connectivity index (χ0) is 15.2. The van der Waals surface area contributed by atoms with Gasteiger partial charge in [-0.1, -0.05) is 30.3 Å². The first-order valence-electron chi connectivity index (χ1n) is 6.25. The summed E-state index contributed by atoms with van der Waals surface area (Å²) in [5.41, 5.74) is 5.40. The maximum atomic E-state index is 11.7. The van der Waals surface area contributed by atoms with Crippen molar-refractivity contribution in [3.8, 4) is 0 Å². The first kappa shape index (κ1) is 16.1. The van der Waals surface area contributed by atoms with Crippen molar-refractivity contribution in [2.24, 2.45) is 5.73 Å². The summed E-state index contributed by atoms with van der Waals surface area (Å²) < 4.78 is 5.32. The highest BCUT2D eigenvalue weighted by molar-refractivity contribution is 5.89. The number of benzene rings is 1. The maximum Gasteiger partial charge on any atom is 0.328 e. The Labute approximate surface area is 117 Å². The summed E-state index contributed by atoms with van der Waals surface area (Å²) in [7, 11) is 0. The Bertz CT molecular complexity index is 454. The number of hydrogen-bond donors (Lipinski definition) is 3. The monoisotopic (exact) mass is 280 g/mol. The summed E-state index contributed by atoms with van der Waals surface area (Å²) in [5, 5.41) is 11.4. The van der Waals surface area contributed by atoms with E-state index in [1.165, 1.54) is 13.8 Å². The number of hydrogen-bond acceptors (Lipinski definition) is 4. The molecule has 0 fully saturated rings. The lowest BCUT2D eigenvalue weighted by atomic mass is 10.1. The summed E-state index contributed by atoms with van der Waals surface area (Å²) >= 11 is 0. The van der Waals surface area contributed by atoms with Crippen molar-refractivity contribution in [1.29, 1.82) is 0 Å². The number of rotatable bonds is 7. The Hall–Kier alpha value is -1.92. The van der Waals surface area contributed by atoms with Crippen LogP contribution < -0.4 is 11.1 Å². The lowest BCUT2D eigenvalue weighted by Gasteiger charge is -2.21. The second-order valence-corrected chi connectivity index (χ2v) is 5.09. The van der Waals surface area contributed by atoms with E-state index in [1.54, 1.807) is 0 Å². The molecule has 0 aliphatic rings. The highest BCUT2D eigenvalue weighted by Gasteiger charge is 2.27. The Balaban J connectivity index is 2.48. The molecule has 6 nitrogen and oxygen atoms in total. The molecule has 6 heteroatoms. The van der Waals surface area contributed by atoms with Gasteiger partial charge in [-0.25, -0.2) is 4.79 Å². The van der Waals surface area contributed by atoms with Crippen LogP contribution in [-0.4, -0.2) is 35.2 Å². The molecular weight excluding hydrogens is 260 g/mol. The molecule has 1 rings (SSSR count). The Morgan fingerprint density at radius 2 is 1.95 bits per heavy atom. The molecule has 1 aromatic rings. The molecule has 0 aliphatic heterocycles. The van der Waals surface area contributed by atoms with Crippen LogP contribution in [-0.2, 0) is 20.9 Å². The number of ether oxygens (including phenoxy) is 1. The second-order valence-electron chi connectivity index (χ2n) is 5.09. The number of carbonyl (C=O) groups is 2. The summed E-state index contributed by atoms with van der Waals surface area (Å²) in [4.78, 5) is 22.7. The minimum Gasteiger partial charge on any atom is -0.480 e. The van der Waals surface area contributed by atoms with Gasteiger partial charge in [0.05, 0.1) is 18.8 Å². The van der Waals surface area contributed by atoms with E-state index in [4.69, 9.17) is 15.6 Å². The van der Waals surface area contributed by atoms with Gasteiger partial charge in [0.1, 0.15) is 0 Å². The van der Waals surface area contributed by atoms with E-state index in [1.807, 2.05) is 30.3 Å². The van der Waals surface area contributed by atoms with Crippen LogP contribution in [0, 0.1) is 0 Å². The number of amides is 1. The summed E-state index contributed by atoms with van der Waals surface area (Å²) in [6.45, 7) is 3.18. The average Bonchev–Trinajstić information content (AvgIpc) is 2.37. The van der Waals surface area contributed by atoms with E-state index < -0.39 is 23.5 Å². The van der Waals surface area contributed by atoms with Gasteiger partial charge in [-0.15, -0.1) is 0 Å². The van der Waals surface area contributed by atoms with Gasteiger partial charge >= 0.3 is 5.97 Å². The molecule has 1 amide bonds. The van der Waals surface area contributed by atoms with E-state index in [9.17, 15) is 9.59 Å². The van der Waals surface area contributed by atoms with Crippen molar-refractivity contribution < 1.29 is 19.4 Å². The van der Waals surface area contributed by atoms with Gasteiger partial charge in [0, 0.05) is 0 Å². The van der Waals surface area contributed by atoms with E-state index in [0.29, 0.717) is 0 Å². The van der Waals surface area contributed by atoms with Crippen LogP contribution in [0.5, 0.6) is 0 Å². The Kier molecular flexibility index (Phi) is 5.66. The third-order valence-corrected chi connectivity index (χ3v) is 2.58. The average molecular weight is 280 g/mol. The highest BCUT2D eigenvalue weighted by Crippen LogP contribution is 2.02. The fourth-order valence-electron chi connectivity index (χ4n) is 1.39. The molecule has 4 N–H and O–H groups in total. The number of nitrogens with one attached hydrogen (secondary N) is 1. The van der Waals surface area contributed by atoms with Crippen LogP contribution in [0.2, 0.25) is 0 Å². The molecule has 1 aromatic carbocycles. The smallest absolute Gasteiger partial charge is 0.328 e. The van der Waals surface area contributed by atoms with Gasteiger partial charge in [0.25, 0.3) is 0 Å². The molecule has 0 aliphatic carbocycles. The first-order valence-corrected chi connectivity index (χ1v) is 6.25. The molecule has 110 valence electrons. The van der Waals surface area contributed by atoms with E-state index >= 15 is 0 Å². The van der Waals surface area contributed by atoms with Crippen molar-refractivity contribution in [1.82, 2.24) is 5.32 Å². The fourth-order valence-corrected chi connectivity index (χ4v) is 1.39. The molecule has 1 unspecified atom stereocenters. The maximum absolute atomic E-state index is 11.7. The largest absolute Gasteiger partial charge is 0.480 e. The van der Waals surface area contributed by atoms with Crippen LogP contribution in [0.1, 0.15) is 19.4 Å². The standard InChI is InChI=1S/C14H20N2O4/c1-14(2,15)13(19)16-11(12(17)18)9-20-8-10-6-4-3-5-7-10/h3-7,11H,8-9,15H2,1-2H3,(H,16,19)(H,17,18). The molecular formula is C14H20N2O4. The topological polar surface area (TPSA) is 102 Å². The fraction of sp³-hybridized carbons (Fsp3) is 0.429. The molecule has 0 heterocycles. The Morgan fingerprint density at radius 3 is 2.45 bits per heavy atom. The predicted molar refractivity (Wildman–Crippen MR) is 73.9 cm³/mol. The van der Waals surface area contributed by atoms with Gasteiger partial charge in [-0.05, 0) is 19.4 Å². The number of carbonyl (C=O) groups excluding carboxylic acids is 1. The molecule has 0 bridgehead atoms. The van der Waals surface area contributed by atoms with E-state index in [-0.39, 0.29) is 13.2 Å². The number of carboxylic acids is 1. The third kappa shape index (κ3) is 5.38. The van der Waals surface area contributed by atoms with Crippen LogP contribution in [0.4, 0.5) is 0 Å². The molecule has 0 aromatic heterocycles. The van der Waals surface area contributed by atoms with Gasteiger partial charge in [0.15, 0.2) is 6.04 Å². The second kappa shape index (κ2) is 7.02. The molecule has 0 saturated carbocycles. The molecule has 20 heavy (non-hydrogen) atoms. The lowest BCUT2D eigenvalue weighted by molar-refractivity contribution is -0.144. The van der Waals surface area contributed by atoms with E-state index in [2.05, 4.69) is 5.32 Å². The van der Waals surface area contributed by atoms with Gasteiger partial charge in [0.2, 0.25) is 5.91 Å². The van der Waals surface area contributed by atoms with Gasteiger partial charge < -0.3 is 20.9 Å². The minimum absolute atomic E-state index is 0.119. The summed E-state index contributed by atoms with van der Waals surface area (Å²) in [6, 6.07) is 8.24. The number of nitrogens with two attached hydrogens (primary N) is 1. The van der Waals surface area contributed by atoms with Gasteiger partial charge in [-0.2, -0.15) is 0 Å². The van der Waals surface area contributed by atoms with E-state index in [0.717, 1.165) is 5.56 Å². The van der Waals surface area contributed by atoms with Crippen LogP contribution in [0.15, 0.2) is 30.3 Å². The molecule has 0 saturated heterocycles. The van der Waals surface area contributed by atoms with Crippen molar-refractivity contribution >= 4 is 11.9 Å². The van der Waals surface area contributed by atoms with Crippen molar-refractivity contribution in [2.75, 3.05) is 6.61 Å². The minimum atomic E-state index is -1.16. The normalized spacial score (nSPS) is 12.8. The number of aliphatic carboxylic acids is 1. The van der Waals surface area contributed by atoms with Crippen LogP contribution >= 0.6 is 0 Å². The molecule has 0 radical (unpaired) electrons. The third-order valence-electron chi connectivity index (χ3n) is 2.58. The van der Waals surface area contributed by atoms with Crippen molar-refractivity contribution in [2.45, 2.75) is 32.0 Å². The zero-order valence-corrected chi connectivity index (χ0v) is 11.6. The van der Waals surface area contributed by atoms with Gasteiger partial charge in [-0.3, -0.25) is 4.79 Å². The van der Waals surface area contributed by atoms with Crippen molar-refractivity contribution in [3.63, 3.8) is 0 Å². The SMILES string of the molecule is CC(C)(N)C(=O)NC(COCc1ccccc1)C(=O)O.